The van der Waals surface area contributed by atoms with Crippen LogP contribution in [-0.2, 0) is 11.2 Å². The van der Waals surface area contributed by atoms with Gasteiger partial charge < -0.3 is 15.5 Å². The summed E-state index contributed by atoms with van der Waals surface area (Å²) in [5, 5.41) is 21.6. The molecular weight excluding hydrogens is 242 g/mol. The van der Waals surface area contributed by atoms with Gasteiger partial charge in [0.15, 0.2) is 0 Å². The summed E-state index contributed by atoms with van der Waals surface area (Å²) in [7, 11) is 0. The minimum atomic E-state index is -0.252. The van der Waals surface area contributed by atoms with E-state index in [1.165, 1.54) is 18.2 Å². The van der Waals surface area contributed by atoms with Crippen molar-refractivity contribution in [2.24, 2.45) is 0 Å². The molecule has 0 aliphatic carbocycles. The van der Waals surface area contributed by atoms with Crippen molar-refractivity contribution in [1.82, 2.24) is 5.32 Å². The normalized spacial score (nSPS) is 10.8. The van der Waals surface area contributed by atoms with E-state index in [1.807, 2.05) is 0 Å². The van der Waals surface area contributed by atoms with E-state index in [-0.39, 0.29) is 23.8 Å². The summed E-state index contributed by atoms with van der Waals surface area (Å²) in [6.45, 7) is 7.53. The summed E-state index contributed by atoms with van der Waals surface area (Å²) in [6, 6.07) is 4.08. The van der Waals surface area contributed by atoms with Crippen LogP contribution in [-0.4, -0.2) is 22.7 Å². The Hall–Kier alpha value is -2.49. The Balaban J connectivity index is 2.60. The van der Waals surface area contributed by atoms with Crippen LogP contribution < -0.4 is 5.32 Å². The molecule has 0 saturated carbocycles. The smallest absolute Gasteiger partial charge is 0.224 e. The second-order valence-electron chi connectivity index (χ2n) is 3.95. The number of rotatable bonds is 6. The molecule has 1 rings (SSSR count). The van der Waals surface area contributed by atoms with Crippen molar-refractivity contribution in [2.75, 3.05) is 6.54 Å². The first-order valence-corrected chi connectivity index (χ1v) is 5.78. The number of benzene rings is 1. The van der Waals surface area contributed by atoms with Gasteiger partial charge >= 0.3 is 0 Å². The zero-order valence-electron chi connectivity index (χ0n) is 10.6. The van der Waals surface area contributed by atoms with Crippen molar-refractivity contribution in [2.45, 2.75) is 6.42 Å². The van der Waals surface area contributed by atoms with E-state index < -0.39 is 0 Å². The van der Waals surface area contributed by atoms with E-state index in [9.17, 15) is 15.0 Å². The maximum absolute atomic E-state index is 11.7. The van der Waals surface area contributed by atoms with Crippen LogP contribution in [0.25, 0.3) is 0 Å². The molecule has 0 heterocycles. The summed E-state index contributed by atoms with van der Waals surface area (Å²) in [4.78, 5) is 11.7. The Morgan fingerprint density at radius 3 is 2.68 bits per heavy atom. The molecule has 0 unspecified atom stereocenters. The van der Waals surface area contributed by atoms with Crippen LogP contribution in [0.5, 0.6) is 11.5 Å². The quantitative estimate of drug-likeness (QED) is 0.541. The molecule has 4 nitrogen and oxygen atoms in total. The summed E-state index contributed by atoms with van der Waals surface area (Å²) in [6.07, 6.45) is 5.00. The maximum Gasteiger partial charge on any atom is 0.224 e. The third kappa shape index (κ3) is 4.71. The number of aromatic hydroxyl groups is 2. The first kappa shape index (κ1) is 14.6. The molecule has 0 fully saturated rings. The molecule has 4 heteroatoms. The summed E-state index contributed by atoms with van der Waals surface area (Å²) >= 11 is 0. The van der Waals surface area contributed by atoms with Crippen molar-refractivity contribution in [3.63, 3.8) is 0 Å². The lowest BCUT2D eigenvalue weighted by Gasteiger charge is -2.07. The number of phenolic OH excluding ortho intramolecular Hbond substituents is 2. The highest BCUT2D eigenvalue weighted by Crippen LogP contribution is 2.22. The number of allylic oxidation sites excluding steroid dienone is 2. The number of amides is 1. The van der Waals surface area contributed by atoms with E-state index in [0.29, 0.717) is 12.1 Å². The molecule has 1 amide bonds. The van der Waals surface area contributed by atoms with Crippen molar-refractivity contribution < 1.29 is 15.0 Å². The standard InChI is InChI=1S/C15H17NO3/c1-3-5-11(4-2)10-16-15(19)9-12-8-13(17)6-7-14(12)18/h3-8,17-18H,1-2,9-10H2,(H,16,19)/b11-5+. The highest BCUT2D eigenvalue weighted by Gasteiger charge is 2.08. The van der Waals surface area contributed by atoms with Gasteiger partial charge in [0.25, 0.3) is 0 Å². The molecule has 3 N–H and O–H groups in total. The largest absolute Gasteiger partial charge is 0.508 e. The number of phenols is 2. The van der Waals surface area contributed by atoms with Crippen LogP contribution in [0, 0.1) is 0 Å². The van der Waals surface area contributed by atoms with Crippen LogP contribution >= 0.6 is 0 Å². The summed E-state index contributed by atoms with van der Waals surface area (Å²) in [5.41, 5.74) is 1.22. The monoisotopic (exact) mass is 259 g/mol. The second-order valence-corrected chi connectivity index (χ2v) is 3.95. The molecule has 0 aliphatic rings. The number of nitrogens with one attached hydrogen (secondary N) is 1. The van der Waals surface area contributed by atoms with E-state index in [4.69, 9.17) is 0 Å². The molecule has 0 aromatic heterocycles. The first-order valence-electron chi connectivity index (χ1n) is 5.78. The fourth-order valence-corrected chi connectivity index (χ4v) is 1.50. The molecule has 0 saturated heterocycles. The Morgan fingerprint density at radius 2 is 2.05 bits per heavy atom. The molecule has 0 radical (unpaired) electrons. The summed E-state index contributed by atoms with van der Waals surface area (Å²) < 4.78 is 0. The summed E-state index contributed by atoms with van der Waals surface area (Å²) in [5.74, 6) is -0.254. The molecule has 0 atom stereocenters. The SMILES string of the molecule is C=C/C=C(\C=C)CNC(=O)Cc1cc(O)ccc1O. The number of hydrogen-bond donors (Lipinski definition) is 3. The van der Waals surface area contributed by atoms with Gasteiger partial charge in [0, 0.05) is 12.1 Å². The zero-order chi connectivity index (χ0) is 14.3. The van der Waals surface area contributed by atoms with Gasteiger partial charge in [-0.2, -0.15) is 0 Å². The Labute approximate surface area is 112 Å². The fourth-order valence-electron chi connectivity index (χ4n) is 1.50. The molecule has 100 valence electrons. The maximum atomic E-state index is 11.7. The molecule has 0 spiro atoms. The van der Waals surface area contributed by atoms with Crippen molar-refractivity contribution in [1.29, 1.82) is 0 Å². The van der Waals surface area contributed by atoms with Gasteiger partial charge in [-0.1, -0.05) is 31.4 Å². The van der Waals surface area contributed by atoms with Crippen LogP contribution in [0.3, 0.4) is 0 Å². The zero-order valence-corrected chi connectivity index (χ0v) is 10.6. The Bertz CT molecular complexity index is 518. The molecular formula is C15H17NO3. The highest BCUT2D eigenvalue weighted by molar-refractivity contribution is 5.79. The van der Waals surface area contributed by atoms with Crippen LogP contribution in [0.2, 0.25) is 0 Å². The fraction of sp³-hybridized carbons (Fsp3) is 0.133. The van der Waals surface area contributed by atoms with Gasteiger partial charge in [-0.05, 0) is 23.8 Å². The van der Waals surface area contributed by atoms with Crippen LogP contribution in [0.4, 0.5) is 0 Å². The molecule has 0 aliphatic heterocycles. The Morgan fingerprint density at radius 1 is 1.32 bits per heavy atom. The van der Waals surface area contributed by atoms with Crippen LogP contribution in [0.1, 0.15) is 5.56 Å². The predicted molar refractivity (Wildman–Crippen MR) is 75.0 cm³/mol. The van der Waals surface area contributed by atoms with Gasteiger partial charge in [0.1, 0.15) is 11.5 Å². The topological polar surface area (TPSA) is 69.6 Å². The average Bonchev–Trinajstić information content (AvgIpc) is 2.39. The van der Waals surface area contributed by atoms with Crippen molar-refractivity contribution in [3.05, 3.63) is 60.7 Å². The van der Waals surface area contributed by atoms with Gasteiger partial charge in [-0.15, -0.1) is 0 Å². The van der Waals surface area contributed by atoms with Crippen LogP contribution in [0.15, 0.2) is 55.2 Å². The van der Waals surface area contributed by atoms with Crippen molar-refractivity contribution >= 4 is 5.91 Å². The van der Waals surface area contributed by atoms with E-state index >= 15 is 0 Å². The minimum absolute atomic E-state index is 0.00124. The Kier molecular flexibility index (Phi) is 5.41. The minimum Gasteiger partial charge on any atom is -0.508 e. The number of carbonyl (C=O) groups is 1. The first-order chi connectivity index (χ1) is 9.06. The highest BCUT2D eigenvalue weighted by atomic mass is 16.3. The predicted octanol–water partition coefficient (Wildman–Crippen LogP) is 2.05. The molecule has 0 bridgehead atoms. The van der Waals surface area contributed by atoms with E-state index in [0.717, 1.165) is 5.57 Å². The lowest BCUT2D eigenvalue weighted by atomic mass is 10.1. The van der Waals surface area contributed by atoms with Gasteiger partial charge in [0.05, 0.1) is 6.42 Å². The van der Waals surface area contributed by atoms with E-state index in [1.54, 1.807) is 18.2 Å². The second kappa shape index (κ2) is 7.06. The lowest BCUT2D eigenvalue weighted by Crippen LogP contribution is -2.26. The van der Waals surface area contributed by atoms with Gasteiger partial charge in [-0.3, -0.25) is 4.79 Å². The molecule has 1 aromatic rings. The van der Waals surface area contributed by atoms with Gasteiger partial charge in [-0.25, -0.2) is 0 Å². The third-order valence-corrected chi connectivity index (χ3v) is 2.50. The lowest BCUT2D eigenvalue weighted by molar-refractivity contribution is -0.120. The number of carbonyl (C=O) groups excluding carboxylic acids is 1. The average molecular weight is 259 g/mol. The third-order valence-electron chi connectivity index (χ3n) is 2.50. The number of hydrogen-bond acceptors (Lipinski definition) is 3. The van der Waals surface area contributed by atoms with Gasteiger partial charge in [0.2, 0.25) is 5.91 Å². The molecule has 19 heavy (non-hydrogen) atoms. The van der Waals surface area contributed by atoms with Crippen molar-refractivity contribution in [3.8, 4) is 11.5 Å². The van der Waals surface area contributed by atoms with E-state index in [2.05, 4.69) is 18.5 Å². The molecule has 1 aromatic carbocycles.